The predicted octanol–water partition coefficient (Wildman–Crippen LogP) is 5.86. The first-order valence-electron chi connectivity index (χ1n) is 14.4. The fourth-order valence-electron chi connectivity index (χ4n) is 6.09. The van der Waals surface area contributed by atoms with Gasteiger partial charge in [0.15, 0.2) is 0 Å². The van der Waals surface area contributed by atoms with E-state index in [4.69, 9.17) is 9.72 Å². The zero-order valence-corrected chi connectivity index (χ0v) is 23.9. The average molecular weight is 545 g/mol. The van der Waals surface area contributed by atoms with Gasteiger partial charge < -0.3 is 24.9 Å². The van der Waals surface area contributed by atoms with Gasteiger partial charge in [-0.3, -0.25) is 4.79 Å². The van der Waals surface area contributed by atoms with Crippen molar-refractivity contribution in [2.45, 2.75) is 77.8 Å². The van der Waals surface area contributed by atoms with Crippen molar-refractivity contribution in [2.75, 3.05) is 13.7 Å². The Morgan fingerprint density at radius 1 is 1.10 bits per heavy atom. The number of allylic oxidation sites excluding steroid dienone is 8. The maximum absolute atomic E-state index is 13.5. The van der Waals surface area contributed by atoms with Crippen LogP contribution in [0.25, 0.3) is 11.1 Å². The summed E-state index contributed by atoms with van der Waals surface area (Å²) in [5, 5.41) is 2.71. The van der Waals surface area contributed by atoms with E-state index in [0.29, 0.717) is 6.54 Å². The molecule has 40 heavy (non-hydrogen) atoms. The Kier molecular flexibility index (Phi) is 8.38. The van der Waals surface area contributed by atoms with E-state index in [1.807, 2.05) is 31.1 Å². The summed E-state index contributed by atoms with van der Waals surface area (Å²) in [6.45, 7) is 6.72. The number of rotatable bonds is 8. The van der Waals surface area contributed by atoms with Gasteiger partial charge in [-0.15, -0.1) is 0 Å². The van der Waals surface area contributed by atoms with Crippen molar-refractivity contribution in [3.63, 3.8) is 0 Å². The molecule has 2 aromatic heterocycles. The third-order valence-electron chi connectivity index (χ3n) is 8.33. The molecule has 5 rings (SSSR count). The Bertz CT molecular complexity index is 1360. The van der Waals surface area contributed by atoms with E-state index in [0.717, 1.165) is 62.2 Å². The lowest BCUT2D eigenvalue weighted by Gasteiger charge is -2.30. The quantitative estimate of drug-likeness (QED) is 0.385. The Balaban J connectivity index is 1.33. The fourth-order valence-corrected chi connectivity index (χ4v) is 6.09. The number of aromatic amines is 2. The van der Waals surface area contributed by atoms with Crippen molar-refractivity contribution in [1.29, 1.82) is 0 Å². The maximum atomic E-state index is 13.5. The van der Waals surface area contributed by atoms with Crippen LogP contribution in [0.3, 0.4) is 0 Å². The molecule has 0 saturated carbocycles. The van der Waals surface area contributed by atoms with Crippen LogP contribution in [-0.2, 0) is 9.53 Å². The highest BCUT2D eigenvalue weighted by Gasteiger charge is 2.37. The molecule has 2 atom stereocenters. The topological polar surface area (TPSA) is 116 Å². The van der Waals surface area contributed by atoms with Crippen LogP contribution in [0.4, 0.5) is 4.79 Å². The lowest BCUT2D eigenvalue weighted by atomic mass is 9.82. The molecule has 0 spiro atoms. The number of nitrogens with zero attached hydrogens (tertiary/aromatic N) is 3. The summed E-state index contributed by atoms with van der Waals surface area (Å²) >= 11 is 0. The van der Waals surface area contributed by atoms with Gasteiger partial charge in [0.1, 0.15) is 11.9 Å². The zero-order chi connectivity index (χ0) is 28.2. The van der Waals surface area contributed by atoms with E-state index in [2.05, 4.69) is 45.4 Å². The van der Waals surface area contributed by atoms with Gasteiger partial charge in [-0.1, -0.05) is 39.0 Å². The summed E-state index contributed by atoms with van der Waals surface area (Å²) in [5.41, 5.74) is 8.96. The number of likely N-dealkylation sites (tertiary alicyclic amines) is 1. The molecule has 0 bridgehead atoms. The van der Waals surface area contributed by atoms with Crippen LogP contribution in [0.1, 0.15) is 89.0 Å². The number of alkyl carbamates (subject to hydrolysis) is 1. The first kappa shape index (κ1) is 27.7. The minimum Gasteiger partial charge on any atom is -0.453 e. The Hall–Kier alpha value is -3.88. The molecule has 212 valence electrons. The Morgan fingerprint density at radius 3 is 2.55 bits per heavy atom. The van der Waals surface area contributed by atoms with E-state index in [9.17, 15) is 9.59 Å². The molecule has 9 nitrogen and oxygen atoms in total. The maximum Gasteiger partial charge on any atom is 0.407 e. The molecule has 1 fully saturated rings. The third kappa shape index (κ3) is 5.69. The molecule has 3 heterocycles. The van der Waals surface area contributed by atoms with Crippen molar-refractivity contribution >= 4 is 23.1 Å². The highest BCUT2D eigenvalue weighted by Crippen LogP contribution is 2.39. The normalized spacial score (nSPS) is 20.3. The average Bonchev–Trinajstić information content (AvgIpc) is 3.77. The summed E-state index contributed by atoms with van der Waals surface area (Å²) in [6, 6.07) is -0.773. The van der Waals surface area contributed by atoms with Crippen LogP contribution in [0.2, 0.25) is 0 Å². The summed E-state index contributed by atoms with van der Waals surface area (Å²) in [6.07, 6.45) is 18.5. The summed E-state index contributed by atoms with van der Waals surface area (Å²) in [5.74, 6) is 0.651. The number of hydrogen-bond acceptors (Lipinski definition) is 5. The van der Waals surface area contributed by atoms with Crippen molar-refractivity contribution < 1.29 is 14.3 Å². The minimum absolute atomic E-state index is 0.0623. The van der Waals surface area contributed by atoms with E-state index in [1.54, 1.807) is 6.33 Å². The van der Waals surface area contributed by atoms with E-state index in [-0.39, 0.29) is 17.9 Å². The third-order valence-corrected chi connectivity index (χ3v) is 8.33. The number of H-pyrrole nitrogens is 2. The molecule has 2 amide bonds. The van der Waals surface area contributed by atoms with Crippen LogP contribution < -0.4 is 5.32 Å². The van der Waals surface area contributed by atoms with Crippen molar-refractivity contribution in [1.82, 2.24) is 30.2 Å². The van der Waals surface area contributed by atoms with Crippen LogP contribution >= 0.6 is 0 Å². The largest absolute Gasteiger partial charge is 0.453 e. The van der Waals surface area contributed by atoms with E-state index < -0.39 is 12.1 Å². The highest BCUT2D eigenvalue weighted by atomic mass is 16.5. The summed E-state index contributed by atoms with van der Waals surface area (Å²) in [4.78, 5) is 42.8. The molecular weight excluding hydrogens is 504 g/mol. The van der Waals surface area contributed by atoms with Gasteiger partial charge in [-0.05, 0) is 78.7 Å². The standard InChI is InChI=1S/C31H40N6O3/c1-5-20-15-23(12-13-24(20)21-8-10-22(11-9-21)25-16-32-18-34-25)26-17-33-29(35-26)27-7-6-14-37(27)30(38)28(19(2)3)36-31(39)40-4/h8,10,15-19,27-28H,5-7,9,11-14H2,1-4H3,(H,32,34)(H,33,35)(H,36,39). The molecule has 2 aliphatic carbocycles. The smallest absolute Gasteiger partial charge is 0.407 e. The lowest BCUT2D eigenvalue weighted by Crippen LogP contribution is -2.51. The number of aromatic nitrogens is 4. The van der Waals surface area contributed by atoms with Crippen LogP contribution in [0, 0.1) is 5.92 Å². The number of methoxy groups -OCH3 is 1. The first-order valence-corrected chi connectivity index (χ1v) is 14.4. The van der Waals surface area contributed by atoms with Gasteiger partial charge in [-0.2, -0.15) is 0 Å². The minimum atomic E-state index is -0.640. The number of nitrogens with one attached hydrogen (secondary N) is 3. The SMILES string of the molecule is CCC1=C(C2=CC=C(c3cnc[nH]3)CC2)CCC(c2cnc(C3CCCN3C(=O)C(NC(=O)OC)C(C)C)[nH]2)=C1. The number of imidazole rings is 2. The highest BCUT2D eigenvalue weighted by molar-refractivity contribution is 5.86. The number of carbonyl (C=O) groups is 2. The fraction of sp³-hybridized carbons (Fsp3) is 0.484. The van der Waals surface area contributed by atoms with Gasteiger partial charge in [0.2, 0.25) is 5.91 Å². The molecule has 2 unspecified atom stereocenters. The van der Waals surface area contributed by atoms with Crippen LogP contribution in [0.15, 0.2) is 53.7 Å². The van der Waals surface area contributed by atoms with Crippen LogP contribution in [0.5, 0.6) is 0 Å². The second-order valence-corrected chi connectivity index (χ2v) is 11.1. The first-order chi connectivity index (χ1) is 19.4. The molecule has 2 aromatic rings. The van der Waals surface area contributed by atoms with Gasteiger partial charge in [0, 0.05) is 6.54 Å². The molecule has 0 radical (unpaired) electrons. The van der Waals surface area contributed by atoms with Gasteiger partial charge >= 0.3 is 6.09 Å². The number of amides is 2. The van der Waals surface area contributed by atoms with E-state index in [1.165, 1.54) is 35.0 Å². The second-order valence-electron chi connectivity index (χ2n) is 11.1. The van der Waals surface area contributed by atoms with Gasteiger partial charge in [0.25, 0.3) is 0 Å². The Labute approximate surface area is 235 Å². The molecule has 3 N–H and O–H groups in total. The number of hydrogen-bond donors (Lipinski definition) is 3. The van der Waals surface area contributed by atoms with Crippen molar-refractivity contribution in [2.24, 2.45) is 5.92 Å². The van der Waals surface area contributed by atoms with Gasteiger partial charge in [-0.25, -0.2) is 14.8 Å². The van der Waals surface area contributed by atoms with Gasteiger partial charge in [0.05, 0.1) is 43.3 Å². The molecular formula is C31H40N6O3. The monoisotopic (exact) mass is 544 g/mol. The van der Waals surface area contributed by atoms with E-state index >= 15 is 0 Å². The van der Waals surface area contributed by atoms with Crippen LogP contribution in [-0.4, -0.2) is 56.5 Å². The lowest BCUT2D eigenvalue weighted by molar-refractivity contribution is -0.135. The molecule has 0 aromatic carbocycles. The summed E-state index contributed by atoms with van der Waals surface area (Å²) < 4.78 is 4.75. The second kappa shape index (κ2) is 12.1. The molecule has 9 heteroatoms. The number of carbonyl (C=O) groups excluding carboxylic acids is 2. The molecule has 3 aliphatic rings. The summed E-state index contributed by atoms with van der Waals surface area (Å²) in [7, 11) is 1.31. The molecule has 1 aliphatic heterocycles. The Morgan fingerprint density at radius 2 is 1.88 bits per heavy atom. The predicted molar refractivity (Wildman–Crippen MR) is 155 cm³/mol. The van der Waals surface area contributed by atoms with Crippen molar-refractivity contribution in [3.05, 3.63) is 70.9 Å². The molecule has 1 saturated heterocycles. The zero-order valence-electron chi connectivity index (χ0n) is 23.9. The van der Waals surface area contributed by atoms with Crippen molar-refractivity contribution in [3.8, 4) is 0 Å². The number of ether oxygens (including phenoxy) is 1.